The minimum absolute atomic E-state index is 0.771. The summed E-state index contributed by atoms with van der Waals surface area (Å²) in [5.41, 5.74) is 1.45. The zero-order valence-electron chi connectivity index (χ0n) is 13.4. The van der Waals surface area contributed by atoms with E-state index < -0.39 is 0 Å². The van der Waals surface area contributed by atoms with Gasteiger partial charge in [-0.3, -0.25) is 4.90 Å². The van der Waals surface area contributed by atoms with Gasteiger partial charge in [-0.1, -0.05) is 0 Å². The number of hydrogen-bond acceptors (Lipinski definition) is 4. The van der Waals surface area contributed by atoms with E-state index in [2.05, 4.69) is 54.3 Å². The van der Waals surface area contributed by atoms with Crippen molar-refractivity contribution in [2.75, 3.05) is 41.3 Å². The van der Waals surface area contributed by atoms with Gasteiger partial charge in [-0.2, -0.15) is 0 Å². The van der Waals surface area contributed by atoms with E-state index in [-0.39, 0.29) is 0 Å². The molecule has 4 heteroatoms. The van der Waals surface area contributed by atoms with Crippen LogP contribution in [0.4, 0.5) is 0 Å². The third kappa shape index (κ3) is 4.85. The molecule has 20 heavy (non-hydrogen) atoms. The van der Waals surface area contributed by atoms with Gasteiger partial charge in [0.05, 0.1) is 0 Å². The molecule has 3 nitrogen and oxygen atoms in total. The molecule has 0 aromatic carbocycles. The van der Waals surface area contributed by atoms with E-state index in [0.29, 0.717) is 0 Å². The van der Waals surface area contributed by atoms with E-state index in [1.165, 1.54) is 42.8 Å². The van der Waals surface area contributed by atoms with Crippen LogP contribution in [0.2, 0.25) is 0 Å². The average molecular weight is 295 g/mol. The summed E-state index contributed by atoms with van der Waals surface area (Å²) >= 11 is 1.92. The minimum atomic E-state index is 0.771. The van der Waals surface area contributed by atoms with Crippen molar-refractivity contribution in [1.82, 2.24) is 14.7 Å². The first-order valence-corrected chi connectivity index (χ1v) is 8.52. The summed E-state index contributed by atoms with van der Waals surface area (Å²) in [7, 11) is 8.70. The molecule has 0 unspecified atom stereocenters. The molecule has 0 N–H and O–H groups in total. The Bertz CT molecular complexity index is 400. The zero-order chi connectivity index (χ0) is 14.5. The van der Waals surface area contributed by atoms with Gasteiger partial charge in [0.25, 0.3) is 0 Å². The van der Waals surface area contributed by atoms with Gasteiger partial charge in [0, 0.05) is 30.6 Å². The molecule has 1 aromatic rings. The monoisotopic (exact) mass is 295 g/mol. The first-order chi connectivity index (χ1) is 9.54. The maximum Gasteiger partial charge on any atom is 0.0328 e. The van der Waals surface area contributed by atoms with Crippen molar-refractivity contribution in [2.24, 2.45) is 0 Å². The number of nitrogens with zero attached hydrogens (tertiary/aromatic N) is 3. The van der Waals surface area contributed by atoms with E-state index in [1.54, 1.807) is 0 Å². The second-order valence-electron chi connectivity index (χ2n) is 6.48. The topological polar surface area (TPSA) is 9.72 Å². The zero-order valence-corrected chi connectivity index (χ0v) is 14.2. The Kier molecular flexibility index (Phi) is 6.02. The fourth-order valence-electron chi connectivity index (χ4n) is 2.99. The molecule has 0 spiro atoms. The number of likely N-dealkylation sites (tertiary alicyclic amines) is 1. The fourth-order valence-corrected chi connectivity index (χ4v) is 3.91. The lowest BCUT2D eigenvalue weighted by Gasteiger charge is -2.23. The van der Waals surface area contributed by atoms with Crippen molar-refractivity contribution < 1.29 is 0 Å². The third-order valence-electron chi connectivity index (χ3n) is 4.11. The molecule has 1 aliphatic heterocycles. The highest BCUT2D eigenvalue weighted by molar-refractivity contribution is 7.10. The molecule has 2 heterocycles. The van der Waals surface area contributed by atoms with Crippen LogP contribution >= 0.6 is 11.3 Å². The Hall–Kier alpha value is -0.420. The van der Waals surface area contributed by atoms with Gasteiger partial charge < -0.3 is 9.80 Å². The molecule has 0 saturated carbocycles. The van der Waals surface area contributed by atoms with Crippen LogP contribution in [-0.2, 0) is 13.1 Å². The summed E-state index contributed by atoms with van der Waals surface area (Å²) in [6, 6.07) is 3.16. The lowest BCUT2D eigenvalue weighted by molar-refractivity contribution is 0.246. The average Bonchev–Trinajstić information content (AvgIpc) is 2.65. The van der Waals surface area contributed by atoms with Gasteiger partial charge >= 0.3 is 0 Å². The molecule has 1 fully saturated rings. The quantitative estimate of drug-likeness (QED) is 0.827. The Balaban J connectivity index is 1.85. The summed E-state index contributed by atoms with van der Waals surface area (Å²) in [5, 5.41) is 2.32. The molecule has 0 aliphatic carbocycles. The largest absolute Gasteiger partial charge is 0.306 e. The van der Waals surface area contributed by atoms with Crippen LogP contribution in [0.15, 0.2) is 11.4 Å². The van der Waals surface area contributed by atoms with Gasteiger partial charge in [0.15, 0.2) is 0 Å². The molecular weight excluding hydrogens is 266 g/mol. The van der Waals surface area contributed by atoms with Gasteiger partial charge in [-0.15, -0.1) is 11.3 Å². The normalized spacial score (nSPS) is 21.6. The first-order valence-electron chi connectivity index (χ1n) is 7.64. The van der Waals surface area contributed by atoms with Crippen molar-refractivity contribution in [3.05, 3.63) is 21.9 Å². The van der Waals surface area contributed by atoms with Crippen molar-refractivity contribution >= 4 is 11.3 Å². The van der Waals surface area contributed by atoms with E-state index in [9.17, 15) is 0 Å². The molecule has 2 rings (SSSR count). The maximum absolute atomic E-state index is 2.63. The summed E-state index contributed by atoms with van der Waals surface area (Å²) in [5.74, 6) is 0. The molecular formula is C16H29N3S. The van der Waals surface area contributed by atoms with Gasteiger partial charge in [-0.05, 0) is 71.0 Å². The molecule has 0 radical (unpaired) electrons. The molecule has 1 aliphatic rings. The number of thiophene rings is 1. The van der Waals surface area contributed by atoms with Crippen LogP contribution < -0.4 is 0 Å². The Morgan fingerprint density at radius 2 is 2.00 bits per heavy atom. The van der Waals surface area contributed by atoms with Crippen LogP contribution in [0, 0.1) is 0 Å². The van der Waals surface area contributed by atoms with Crippen LogP contribution in [0.25, 0.3) is 0 Å². The second kappa shape index (κ2) is 7.55. The predicted molar refractivity (Wildman–Crippen MR) is 88.3 cm³/mol. The highest BCUT2D eigenvalue weighted by atomic mass is 32.1. The summed E-state index contributed by atoms with van der Waals surface area (Å²) in [6.07, 6.45) is 3.99. The molecule has 1 atom stereocenters. The van der Waals surface area contributed by atoms with Crippen LogP contribution in [-0.4, -0.2) is 62.0 Å². The summed E-state index contributed by atoms with van der Waals surface area (Å²) < 4.78 is 0. The van der Waals surface area contributed by atoms with Crippen molar-refractivity contribution in [3.63, 3.8) is 0 Å². The van der Waals surface area contributed by atoms with Gasteiger partial charge in [0.1, 0.15) is 0 Å². The Labute approximate surface area is 128 Å². The van der Waals surface area contributed by atoms with Crippen molar-refractivity contribution in [2.45, 2.75) is 38.4 Å². The van der Waals surface area contributed by atoms with E-state index in [1.807, 2.05) is 11.3 Å². The second-order valence-corrected chi connectivity index (χ2v) is 7.48. The number of hydrogen-bond donors (Lipinski definition) is 0. The van der Waals surface area contributed by atoms with Crippen LogP contribution in [0.3, 0.4) is 0 Å². The van der Waals surface area contributed by atoms with E-state index in [0.717, 1.165) is 19.1 Å². The SMILES string of the molecule is CN(C)Cc1csc(CN2CCC[C@@H](N(C)C)CC2)c1. The van der Waals surface area contributed by atoms with E-state index in [4.69, 9.17) is 0 Å². The van der Waals surface area contributed by atoms with Gasteiger partial charge in [0.2, 0.25) is 0 Å². The molecule has 1 aromatic heterocycles. The van der Waals surface area contributed by atoms with E-state index >= 15 is 0 Å². The van der Waals surface area contributed by atoms with Gasteiger partial charge in [-0.25, -0.2) is 0 Å². The molecule has 0 amide bonds. The first kappa shape index (κ1) is 16.0. The highest BCUT2D eigenvalue weighted by Crippen LogP contribution is 2.21. The minimum Gasteiger partial charge on any atom is -0.306 e. The highest BCUT2D eigenvalue weighted by Gasteiger charge is 2.18. The lowest BCUT2D eigenvalue weighted by atomic mass is 10.1. The van der Waals surface area contributed by atoms with Crippen molar-refractivity contribution in [3.8, 4) is 0 Å². The Morgan fingerprint density at radius 1 is 1.20 bits per heavy atom. The fraction of sp³-hybridized carbons (Fsp3) is 0.750. The van der Waals surface area contributed by atoms with Crippen molar-refractivity contribution in [1.29, 1.82) is 0 Å². The lowest BCUT2D eigenvalue weighted by Crippen LogP contribution is -2.29. The smallest absolute Gasteiger partial charge is 0.0328 e. The summed E-state index contributed by atoms with van der Waals surface area (Å²) in [4.78, 5) is 8.78. The molecule has 114 valence electrons. The third-order valence-corrected chi connectivity index (χ3v) is 5.08. The molecule has 0 bridgehead atoms. The summed E-state index contributed by atoms with van der Waals surface area (Å²) in [6.45, 7) is 4.69. The van der Waals surface area contributed by atoms with Crippen LogP contribution in [0.1, 0.15) is 29.7 Å². The standard InChI is InChI=1S/C16H29N3S/c1-17(2)11-14-10-16(20-13-14)12-19-8-5-6-15(7-9-19)18(3)4/h10,13,15H,5-9,11-12H2,1-4H3/t15-/m1/s1. The van der Waals surface area contributed by atoms with Crippen LogP contribution in [0.5, 0.6) is 0 Å². The Morgan fingerprint density at radius 3 is 2.70 bits per heavy atom. The number of rotatable bonds is 5. The molecule has 1 saturated heterocycles. The maximum atomic E-state index is 2.63. The predicted octanol–water partition coefficient (Wildman–Crippen LogP) is 2.73.